The van der Waals surface area contributed by atoms with Gasteiger partial charge in [0.2, 0.25) is 5.56 Å². The van der Waals surface area contributed by atoms with E-state index in [1.165, 1.54) is 12.4 Å². The zero-order valence-corrected chi connectivity index (χ0v) is 8.29. The highest BCUT2D eigenvalue weighted by Gasteiger charge is 1.89. The third kappa shape index (κ3) is 2.50. The molecule has 0 fully saturated rings. The van der Waals surface area contributed by atoms with Crippen LogP contribution in [0.2, 0.25) is 0 Å². The molecule has 6 nitrogen and oxygen atoms in total. The highest BCUT2D eigenvalue weighted by Crippen LogP contribution is 2.06. The molecule has 0 bridgehead atoms. The standard InChI is InChI=1S/C9H7NO.CH2N4/c11-9-6-5-7-3-1-2-4-8(7)10-9;1-2-4-5-3-1/h1-6H,(H,10,11);1H,(H,2,3,4,5). The average molecular weight is 215 g/mol. The number of para-hydroxylation sites is 1. The van der Waals surface area contributed by atoms with Gasteiger partial charge in [0.15, 0.2) is 6.33 Å². The second kappa shape index (κ2) is 4.83. The van der Waals surface area contributed by atoms with Gasteiger partial charge in [0, 0.05) is 11.6 Å². The third-order valence-electron chi connectivity index (χ3n) is 1.90. The Morgan fingerprint density at radius 2 is 1.94 bits per heavy atom. The molecule has 0 saturated carbocycles. The van der Waals surface area contributed by atoms with Crippen molar-refractivity contribution in [3.05, 3.63) is 53.1 Å². The van der Waals surface area contributed by atoms with Gasteiger partial charge in [-0.2, -0.15) is 5.21 Å². The van der Waals surface area contributed by atoms with Crippen molar-refractivity contribution < 1.29 is 0 Å². The van der Waals surface area contributed by atoms with Crippen LogP contribution in [0, 0.1) is 0 Å². The molecule has 3 aromatic rings. The Morgan fingerprint density at radius 3 is 2.62 bits per heavy atom. The lowest BCUT2D eigenvalue weighted by molar-refractivity contribution is 0.881. The summed E-state index contributed by atoms with van der Waals surface area (Å²) in [5, 5.41) is 13.2. The Bertz CT molecular complexity index is 584. The molecule has 16 heavy (non-hydrogen) atoms. The van der Waals surface area contributed by atoms with E-state index in [1.807, 2.05) is 30.3 Å². The first kappa shape index (κ1) is 10.0. The van der Waals surface area contributed by atoms with Crippen LogP contribution >= 0.6 is 0 Å². The molecule has 2 aromatic heterocycles. The fourth-order valence-electron chi connectivity index (χ4n) is 1.23. The van der Waals surface area contributed by atoms with Gasteiger partial charge in [0.1, 0.15) is 0 Å². The van der Waals surface area contributed by atoms with Gasteiger partial charge in [-0.1, -0.05) is 23.4 Å². The number of tetrazole rings is 1. The molecule has 1 aromatic carbocycles. The van der Waals surface area contributed by atoms with Crippen LogP contribution in [0.5, 0.6) is 0 Å². The summed E-state index contributed by atoms with van der Waals surface area (Å²) in [6, 6.07) is 11.0. The number of H-pyrrole nitrogens is 2. The van der Waals surface area contributed by atoms with E-state index in [0.717, 1.165) is 10.9 Å². The van der Waals surface area contributed by atoms with E-state index in [9.17, 15) is 4.79 Å². The molecule has 2 N–H and O–H groups in total. The van der Waals surface area contributed by atoms with E-state index >= 15 is 0 Å². The van der Waals surface area contributed by atoms with Gasteiger partial charge in [0.05, 0.1) is 0 Å². The Kier molecular flexibility index (Phi) is 3.03. The zero-order chi connectivity index (χ0) is 11.2. The smallest absolute Gasteiger partial charge is 0.248 e. The second-order valence-corrected chi connectivity index (χ2v) is 2.97. The number of aromatic amines is 2. The second-order valence-electron chi connectivity index (χ2n) is 2.97. The number of hydrogen-bond donors (Lipinski definition) is 2. The van der Waals surface area contributed by atoms with Crippen LogP contribution in [-0.4, -0.2) is 25.6 Å². The van der Waals surface area contributed by atoms with Crippen LogP contribution in [0.1, 0.15) is 0 Å². The summed E-state index contributed by atoms with van der Waals surface area (Å²) in [6.07, 6.45) is 1.33. The minimum absolute atomic E-state index is 0.0521. The van der Waals surface area contributed by atoms with Crippen molar-refractivity contribution >= 4 is 10.9 Å². The van der Waals surface area contributed by atoms with E-state index < -0.39 is 0 Å². The van der Waals surface area contributed by atoms with Crippen molar-refractivity contribution in [2.45, 2.75) is 0 Å². The van der Waals surface area contributed by atoms with Gasteiger partial charge in [-0.25, -0.2) is 0 Å². The van der Waals surface area contributed by atoms with Crippen LogP contribution in [-0.2, 0) is 0 Å². The number of aromatic nitrogens is 5. The molecule has 0 radical (unpaired) electrons. The van der Waals surface area contributed by atoms with Crippen molar-refractivity contribution in [1.82, 2.24) is 25.6 Å². The molecule has 80 valence electrons. The summed E-state index contributed by atoms with van der Waals surface area (Å²) < 4.78 is 0. The summed E-state index contributed by atoms with van der Waals surface area (Å²) in [5.74, 6) is 0. The molecular formula is C10H9N5O. The highest BCUT2D eigenvalue weighted by atomic mass is 16.1. The quantitative estimate of drug-likeness (QED) is 0.578. The zero-order valence-electron chi connectivity index (χ0n) is 8.29. The third-order valence-corrected chi connectivity index (χ3v) is 1.90. The topological polar surface area (TPSA) is 87.3 Å². The van der Waals surface area contributed by atoms with Crippen LogP contribution < -0.4 is 5.56 Å². The molecule has 0 aliphatic heterocycles. The summed E-state index contributed by atoms with van der Waals surface area (Å²) >= 11 is 0. The molecular weight excluding hydrogens is 206 g/mol. The number of hydrogen-bond acceptors (Lipinski definition) is 4. The number of nitrogens with zero attached hydrogens (tertiary/aromatic N) is 3. The van der Waals surface area contributed by atoms with Crippen molar-refractivity contribution in [3.63, 3.8) is 0 Å². The predicted octanol–water partition coefficient (Wildman–Crippen LogP) is 0.728. The van der Waals surface area contributed by atoms with Gasteiger partial charge in [-0.15, -0.1) is 10.2 Å². The molecule has 6 heteroatoms. The fourth-order valence-corrected chi connectivity index (χ4v) is 1.23. The maximum Gasteiger partial charge on any atom is 0.248 e. The van der Waals surface area contributed by atoms with Crippen LogP contribution in [0.4, 0.5) is 0 Å². The summed E-state index contributed by atoms with van der Waals surface area (Å²) in [5.41, 5.74) is 0.837. The van der Waals surface area contributed by atoms with Gasteiger partial charge in [-0.05, 0) is 17.5 Å². The summed E-state index contributed by atoms with van der Waals surface area (Å²) in [7, 11) is 0. The largest absolute Gasteiger partial charge is 0.322 e. The first-order valence-electron chi connectivity index (χ1n) is 4.61. The highest BCUT2D eigenvalue weighted by molar-refractivity contribution is 5.77. The maximum atomic E-state index is 10.8. The van der Waals surface area contributed by atoms with Crippen LogP contribution in [0.25, 0.3) is 10.9 Å². The Balaban J connectivity index is 0.000000162. The molecule has 0 amide bonds. The number of benzene rings is 1. The van der Waals surface area contributed by atoms with Crippen LogP contribution in [0.15, 0.2) is 47.5 Å². The van der Waals surface area contributed by atoms with E-state index in [0.29, 0.717) is 0 Å². The van der Waals surface area contributed by atoms with E-state index in [1.54, 1.807) is 0 Å². The summed E-state index contributed by atoms with van der Waals surface area (Å²) in [6.45, 7) is 0. The van der Waals surface area contributed by atoms with E-state index in [-0.39, 0.29) is 5.56 Å². The normalized spacial score (nSPS) is 9.50. The minimum Gasteiger partial charge on any atom is -0.322 e. The molecule has 2 heterocycles. The molecule has 0 spiro atoms. The lowest BCUT2D eigenvalue weighted by atomic mass is 10.2. The monoisotopic (exact) mass is 215 g/mol. The number of rotatable bonds is 0. The maximum absolute atomic E-state index is 10.8. The van der Waals surface area contributed by atoms with Crippen molar-refractivity contribution in [2.75, 3.05) is 0 Å². The Labute approximate surface area is 90.3 Å². The average Bonchev–Trinajstić information content (AvgIpc) is 2.87. The molecule has 0 saturated heterocycles. The van der Waals surface area contributed by atoms with Crippen molar-refractivity contribution in [1.29, 1.82) is 0 Å². The lowest BCUT2D eigenvalue weighted by Gasteiger charge is -1.93. The lowest BCUT2D eigenvalue weighted by Crippen LogP contribution is -2.01. The van der Waals surface area contributed by atoms with Gasteiger partial charge >= 0.3 is 0 Å². The first-order valence-corrected chi connectivity index (χ1v) is 4.61. The molecule has 3 rings (SSSR count). The van der Waals surface area contributed by atoms with Gasteiger partial charge in [-0.3, -0.25) is 4.79 Å². The Hall–Kier alpha value is -2.50. The van der Waals surface area contributed by atoms with Gasteiger partial charge < -0.3 is 4.98 Å². The summed E-state index contributed by atoms with van der Waals surface area (Å²) in [4.78, 5) is 13.6. The minimum atomic E-state index is -0.0521. The first-order chi connectivity index (χ1) is 7.86. The van der Waals surface area contributed by atoms with E-state index in [4.69, 9.17) is 0 Å². The fraction of sp³-hybridized carbons (Fsp3) is 0. The van der Waals surface area contributed by atoms with Crippen molar-refractivity contribution in [2.24, 2.45) is 0 Å². The van der Waals surface area contributed by atoms with E-state index in [2.05, 4.69) is 25.6 Å². The predicted molar refractivity (Wildman–Crippen MR) is 58.7 cm³/mol. The molecule has 0 atom stereocenters. The molecule has 0 unspecified atom stereocenters. The number of nitrogens with one attached hydrogen (secondary N) is 2. The molecule has 0 aliphatic rings. The SMILES string of the molecule is O=c1ccc2ccccc2[nH]1.c1nn[nH]n1. The molecule has 0 aliphatic carbocycles. The van der Waals surface area contributed by atoms with Crippen molar-refractivity contribution in [3.8, 4) is 0 Å². The van der Waals surface area contributed by atoms with Crippen LogP contribution in [0.3, 0.4) is 0 Å². The number of fused-ring (bicyclic) bond motifs is 1. The Morgan fingerprint density at radius 1 is 1.06 bits per heavy atom. The van der Waals surface area contributed by atoms with Gasteiger partial charge in [0.25, 0.3) is 0 Å². The number of pyridine rings is 1.